The third-order valence-electron chi connectivity index (χ3n) is 4.64. The molecule has 0 radical (unpaired) electrons. The average molecular weight is 383 g/mol. The van der Waals surface area contributed by atoms with E-state index in [-0.39, 0.29) is 4.77 Å². The average Bonchev–Trinajstić information content (AvgIpc) is 2.62. The molecule has 0 bridgehead atoms. The van der Waals surface area contributed by atoms with Gasteiger partial charge in [-0.15, -0.1) is 0 Å². The first-order chi connectivity index (χ1) is 12.6. The van der Waals surface area contributed by atoms with Gasteiger partial charge in [0.25, 0.3) is 5.56 Å². The summed E-state index contributed by atoms with van der Waals surface area (Å²) in [7, 11) is 0. The van der Waals surface area contributed by atoms with Crippen LogP contribution in [-0.4, -0.2) is 9.97 Å². The molecule has 1 aromatic heterocycles. The maximum absolute atomic E-state index is 13.6. The molecule has 0 atom stereocenters. The summed E-state index contributed by atoms with van der Waals surface area (Å²) >= 11 is 4.87. The van der Waals surface area contributed by atoms with Gasteiger partial charge in [0.15, 0.2) is 4.77 Å². The monoisotopic (exact) mass is 382 g/mol. The molecular formula is C21H35FN2OS. The molecule has 0 unspecified atom stereocenters. The lowest BCUT2D eigenvalue weighted by Crippen LogP contribution is -2.16. The molecule has 26 heavy (non-hydrogen) atoms. The molecule has 148 valence electrons. The Labute approximate surface area is 162 Å². The van der Waals surface area contributed by atoms with E-state index in [0.717, 1.165) is 25.7 Å². The molecule has 0 aromatic carbocycles. The van der Waals surface area contributed by atoms with Crippen molar-refractivity contribution in [1.82, 2.24) is 9.97 Å². The van der Waals surface area contributed by atoms with Crippen LogP contribution in [0.4, 0.5) is 4.39 Å². The number of hydrogen-bond donors (Lipinski definition) is 2. The molecule has 2 N–H and O–H groups in total. The number of rotatable bonds is 15. The van der Waals surface area contributed by atoms with E-state index >= 15 is 0 Å². The van der Waals surface area contributed by atoms with E-state index in [1.807, 2.05) is 0 Å². The normalized spacial score (nSPS) is 11.5. The van der Waals surface area contributed by atoms with Crippen LogP contribution >= 0.6 is 12.2 Å². The van der Waals surface area contributed by atoms with Crippen molar-refractivity contribution in [3.63, 3.8) is 0 Å². The standard InChI is InChI=1S/C21H35FN2OS/c1-2-3-4-5-6-7-8-9-10-11-12-13-14-15-16-17-18-19(22)20(25)24-21(26)23-18/h9-10H,2-8,11-17H2,1H3,(H2,23,24,25,26)/b10-9+. The van der Waals surface area contributed by atoms with Crippen molar-refractivity contribution in [2.75, 3.05) is 0 Å². The smallest absolute Gasteiger partial charge is 0.287 e. The first kappa shape index (κ1) is 22.8. The molecule has 3 nitrogen and oxygen atoms in total. The van der Waals surface area contributed by atoms with Crippen molar-refractivity contribution in [1.29, 1.82) is 0 Å². The van der Waals surface area contributed by atoms with Crippen LogP contribution in [-0.2, 0) is 6.42 Å². The topological polar surface area (TPSA) is 48.6 Å². The summed E-state index contributed by atoms with van der Waals surface area (Å²) in [6.45, 7) is 2.25. The van der Waals surface area contributed by atoms with Gasteiger partial charge in [-0.2, -0.15) is 4.39 Å². The van der Waals surface area contributed by atoms with Crippen LogP contribution in [0.5, 0.6) is 0 Å². The minimum Gasteiger partial charge on any atom is -0.333 e. The van der Waals surface area contributed by atoms with Crippen LogP contribution in [0.3, 0.4) is 0 Å². The summed E-state index contributed by atoms with van der Waals surface area (Å²) in [5.41, 5.74) is -0.395. The number of hydrogen-bond acceptors (Lipinski definition) is 2. The van der Waals surface area contributed by atoms with Crippen LogP contribution in [0.15, 0.2) is 16.9 Å². The molecule has 0 saturated heterocycles. The van der Waals surface area contributed by atoms with Crippen LogP contribution in [0.1, 0.15) is 96.1 Å². The van der Waals surface area contributed by atoms with Crippen LogP contribution < -0.4 is 5.56 Å². The molecule has 0 amide bonds. The summed E-state index contributed by atoms with van der Waals surface area (Å²) in [5.74, 6) is -0.728. The molecule has 5 heteroatoms. The van der Waals surface area contributed by atoms with Gasteiger partial charge < -0.3 is 4.98 Å². The number of aromatic nitrogens is 2. The van der Waals surface area contributed by atoms with Gasteiger partial charge in [-0.3, -0.25) is 9.78 Å². The molecule has 1 aromatic rings. The summed E-state index contributed by atoms with van der Waals surface area (Å²) in [5, 5.41) is 0. The van der Waals surface area contributed by atoms with Gasteiger partial charge in [0.1, 0.15) is 0 Å². The number of aromatic amines is 2. The second-order valence-electron chi connectivity index (χ2n) is 7.04. The first-order valence-electron chi connectivity index (χ1n) is 10.3. The SMILES string of the molecule is CCCCCCCC/C=C/CCCCCCCc1[nH]c(=S)[nH]c(=O)c1F. The van der Waals surface area contributed by atoms with Crippen LogP contribution in [0.2, 0.25) is 0 Å². The number of H-pyrrole nitrogens is 2. The van der Waals surface area contributed by atoms with Crippen molar-refractivity contribution in [3.05, 3.63) is 38.8 Å². The van der Waals surface area contributed by atoms with Gasteiger partial charge in [0.2, 0.25) is 5.82 Å². The molecule has 1 rings (SSSR count). The Balaban J connectivity index is 1.96. The molecule has 0 aliphatic carbocycles. The highest BCUT2D eigenvalue weighted by molar-refractivity contribution is 7.71. The lowest BCUT2D eigenvalue weighted by atomic mass is 10.1. The third kappa shape index (κ3) is 10.7. The van der Waals surface area contributed by atoms with E-state index in [1.165, 1.54) is 57.8 Å². The predicted molar refractivity (Wildman–Crippen MR) is 111 cm³/mol. The van der Waals surface area contributed by atoms with E-state index in [0.29, 0.717) is 12.1 Å². The maximum Gasteiger partial charge on any atom is 0.287 e. The molecule has 1 heterocycles. The molecule has 0 aliphatic rings. The van der Waals surface area contributed by atoms with Crippen LogP contribution in [0, 0.1) is 10.6 Å². The van der Waals surface area contributed by atoms with E-state index in [4.69, 9.17) is 12.2 Å². The highest BCUT2D eigenvalue weighted by atomic mass is 32.1. The number of halogens is 1. The fourth-order valence-corrected chi connectivity index (χ4v) is 3.28. The third-order valence-corrected chi connectivity index (χ3v) is 4.85. The zero-order valence-electron chi connectivity index (χ0n) is 16.2. The number of unbranched alkanes of at least 4 members (excludes halogenated alkanes) is 11. The predicted octanol–water partition coefficient (Wildman–Crippen LogP) is 6.76. The molecule has 0 fully saturated rings. The quantitative estimate of drug-likeness (QED) is 0.200. The lowest BCUT2D eigenvalue weighted by Gasteiger charge is -2.03. The summed E-state index contributed by atoms with van der Waals surface area (Å²) < 4.78 is 13.8. The second kappa shape index (κ2) is 14.9. The zero-order chi connectivity index (χ0) is 19.0. The van der Waals surface area contributed by atoms with Crippen molar-refractivity contribution < 1.29 is 4.39 Å². The Hall–Kier alpha value is -1.23. The van der Waals surface area contributed by atoms with E-state index in [9.17, 15) is 9.18 Å². The van der Waals surface area contributed by atoms with Crippen molar-refractivity contribution in [3.8, 4) is 0 Å². The Morgan fingerprint density at radius 3 is 2.00 bits per heavy atom. The largest absolute Gasteiger partial charge is 0.333 e. The Kier molecular flexibility index (Phi) is 13.1. The number of allylic oxidation sites excluding steroid dienone is 2. The summed E-state index contributed by atoms with van der Waals surface area (Å²) in [6.07, 6.45) is 21.2. The maximum atomic E-state index is 13.6. The number of nitrogens with one attached hydrogen (secondary N) is 2. The van der Waals surface area contributed by atoms with Gasteiger partial charge in [-0.05, 0) is 50.7 Å². The van der Waals surface area contributed by atoms with Crippen molar-refractivity contribution >= 4 is 12.2 Å². The van der Waals surface area contributed by atoms with Crippen molar-refractivity contribution in [2.45, 2.75) is 96.8 Å². The van der Waals surface area contributed by atoms with Gasteiger partial charge in [0, 0.05) is 0 Å². The van der Waals surface area contributed by atoms with E-state index in [2.05, 4.69) is 29.0 Å². The highest BCUT2D eigenvalue weighted by Gasteiger charge is 2.06. The fraction of sp³-hybridized carbons (Fsp3) is 0.714. The summed E-state index contributed by atoms with van der Waals surface area (Å²) in [4.78, 5) is 16.3. The van der Waals surface area contributed by atoms with Gasteiger partial charge >= 0.3 is 0 Å². The Morgan fingerprint density at radius 2 is 1.38 bits per heavy atom. The van der Waals surface area contributed by atoms with Gasteiger partial charge in [-0.25, -0.2) is 0 Å². The first-order valence-corrected chi connectivity index (χ1v) is 10.7. The minimum atomic E-state index is -0.728. The van der Waals surface area contributed by atoms with Gasteiger partial charge in [-0.1, -0.05) is 70.4 Å². The fourth-order valence-electron chi connectivity index (χ4n) is 3.06. The lowest BCUT2D eigenvalue weighted by molar-refractivity contribution is 0.557. The van der Waals surface area contributed by atoms with E-state index < -0.39 is 11.4 Å². The molecule has 0 saturated carbocycles. The zero-order valence-corrected chi connectivity index (χ0v) is 17.1. The molecular weight excluding hydrogens is 347 g/mol. The highest BCUT2D eigenvalue weighted by Crippen LogP contribution is 2.11. The minimum absolute atomic E-state index is 0.194. The summed E-state index contributed by atoms with van der Waals surface area (Å²) in [6, 6.07) is 0. The van der Waals surface area contributed by atoms with Gasteiger partial charge in [0.05, 0.1) is 5.69 Å². The van der Waals surface area contributed by atoms with E-state index in [1.54, 1.807) is 0 Å². The second-order valence-corrected chi connectivity index (χ2v) is 7.44. The Bertz CT molecular complexity index is 621. The molecule has 0 spiro atoms. The van der Waals surface area contributed by atoms with Crippen molar-refractivity contribution in [2.24, 2.45) is 0 Å². The van der Waals surface area contributed by atoms with Crippen LogP contribution in [0.25, 0.3) is 0 Å². The number of aryl methyl sites for hydroxylation is 1. The Morgan fingerprint density at radius 1 is 0.846 bits per heavy atom. The molecule has 0 aliphatic heterocycles.